The monoisotopic (exact) mass is 345 g/mol. The van der Waals surface area contributed by atoms with Crippen LogP contribution >= 0.6 is 0 Å². The van der Waals surface area contributed by atoms with Crippen molar-refractivity contribution in [2.45, 2.75) is 25.9 Å². The van der Waals surface area contributed by atoms with Crippen molar-refractivity contribution in [1.82, 2.24) is 15.5 Å². The minimum Gasteiger partial charge on any atom is -0.376 e. The van der Waals surface area contributed by atoms with E-state index in [0.29, 0.717) is 36.4 Å². The number of imide groups is 1. The van der Waals surface area contributed by atoms with Crippen molar-refractivity contribution in [3.05, 3.63) is 34.9 Å². The molecule has 0 bridgehead atoms. The third-order valence-electron chi connectivity index (χ3n) is 4.48. The van der Waals surface area contributed by atoms with E-state index in [1.807, 2.05) is 6.92 Å². The molecular formula is C18H23N3O4. The van der Waals surface area contributed by atoms with Crippen LogP contribution in [0.5, 0.6) is 0 Å². The van der Waals surface area contributed by atoms with Crippen LogP contribution in [0.4, 0.5) is 0 Å². The second-order valence-electron chi connectivity index (χ2n) is 6.23. The molecule has 0 aromatic heterocycles. The number of nitrogens with zero attached hydrogens (tertiary/aromatic N) is 1. The largest absolute Gasteiger partial charge is 0.376 e. The zero-order valence-corrected chi connectivity index (χ0v) is 14.3. The van der Waals surface area contributed by atoms with Crippen LogP contribution in [-0.4, -0.2) is 61.5 Å². The average Bonchev–Trinajstić information content (AvgIpc) is 3.21. The van der Waals surface area contributed by atoms with Crippen LogP contribution in [0.15, 0.2) is 18.2 Å². The summed E-state index contributed by atoms with van der Waals surface area (Å²) < 4.78 is 5.52. The predicted molar refractivity (Wildman–Crippen MR) is 91.7 cm³/mol. The van der Waals surface area contributed by atoms with Crippen LogP contribution in [0.2, 0.25) is 0 Å². The number of ether oxygens (including phenoxy) is 1. The fourth-order valence-corrected chi connectivity index (χ4v) is 3.13. The van der Waals surface area contributed by atoms with E-state index in [2.05, 4.69) is 10.6 Å². The van der Waals surface area contributed by atoms with Crippen molar-refractivity contribution in [3.8, 4) is 0 Å². The number of likely N-dealkylation sites (N-methyl/N-ethyl adjacent to an activating group) is 1. The normalized spacial score (nSPS) is 19.4. The van der Waals surface area contributed by atoms with Gasteiger partial charge >= 0.3 is 0 Å². The number of fused-ring (bicyclic) bond motifs is 1. The molecule has 3 rings (SSSR count). The lowest BCUT2D eigenvalue weighted by molar-refractivity contribution is 0.0475. The van der Waals surface area contributed by atoms with Crippen molar-refractivity contribution in [2.75, 3.05) is 32.8 Å². The zero-order chi connectivity index (χ0) is 17.8. The molecule has 2 aliphatic rings. The second kappa shape index (κ2) is 7.76. The molecule has 1 saturated heterocycles. The van der Waals surface area contributed by atoms with Gasteiger partial charge in [0.25, 0.3) is 17.7 Å². The van der Waals surface area contributed by atoms with Gasteiger partial charge in [-0.2, -0.15) is 0 Å². The lowest BCUT2D eigenvalue weighted by atomic mass is 10.1. The van der Waals surface area contributed by atoms with Crippen molar-refractivity contribution in [1.29, 1.82) is 0 Å². The third kappa shape index (κ3) is 3.72. The van der Waals surface area contributed by atoms with E-state index in [1.54, 1.807) is 12.1 Å². The SMILES string of the molecule is CCNCCNC(=O)c1ccc2c(c1)C(=O)N(CC1CCCO1)C2=O. The highest BCUT2D eigenvalue weighted by molar-refractivity contribution is 6.22. The fourth-order valence-electron chi connectivity index (χ4n) is 3.13. The van der Waals surface area contributed by atoms with Gasteiger partial charge in [0.05, 0.1) is 23.8 Å². The van der Waals surface area contributed by atoms with Crippen LogP contribution in [0.25, 0.3) is 0 Å². The smallest absolute Gasteiger partial charge is 0.261 e. The molecule has 0 saturated carbocycles. The quantitative estimate of drug-likeness (QED) is 0.564. The van der Waals surface area contributed by atoms with Gasteiger partial charge in [-0.1, -0.05) is 6.92 Å². The molecule has 0 radical (unpaired) electrons. The molecule has 1 fully saturated rings. The van der Waals surface area contributed by atoms with Crippen LogP contribution < -0.4 is 10.6 Å². The Hall–Kier alpha value is -2.25. The summed E-state index contributed by atoms with van der Waals surface area (Å²) in [4.78, 5) is 38.5. The Morgan fingerprint density at radius 2 is 2.04 bits per heavy atom. The van der Waals surface area contributed by atoms with Gasteiger partial charge in [0, 0.05) is 25.3 Å². The Labute approximate surface area is 146 Å². The van der Waals surface area contributed by atoms with Crippen LogP contribution in [-0.2, 0) is 4.74 Å². The van der Waals surface area contributed by atoms with E-state index in [1.165, 1.54) is 11.0 Å². The molecule has 1 unspecified atom stereocenters. The molecule has 1 aromatic rings. The number of hydrogen-bond donors (Lipinski definition) is 2. The van der Waals surface area contributed by atoms with Gasteiger partial charge in [0.2, 0.25) is 0 Å². The fraction of sp³-hybridized carbons (Fsp3) is 0.500. The molecule has 7 nitrogen and oxygen atoms in total. The highest BCUT2D eigenvalue weighted by atomic mass is 16.5. The Kier molecular flexibility index (Phi) is 5.45. The molecule has 1 atom stereocenters. The molecule has 2 N–H and O–H groups in total. The van der Waals surface area contributed by atoms with Gasteiger partial charge in [-0.05, 0) is 37.6 Å². The number of carbonyl (C=O) groups is 3. The molecule has 2 aliphatic heterocycles. The average molecular weight is 345 g/mol. The van der Waals surface area contributed by atoms with E-state index in [4.69, 9.17) is 4.74 Å². The highest BCUT2D eigenvalue weighted by Crippen LogP contribution is 2.26. The molecule has 134 valence electrons. The van der Waals surface area contributed by atoms with Gasteiger partial charge in [-0.25, -0.2) is 0 Å². The maximum Gasteiger partial charge on any atom is 0.261 e. The van der Waals surface area contributed by atoms with Crippen molar-refractivity contribution in [3.63, 3.8) is 0 Å². The van der Waals surface area contributed by atoms with Crippen molar-refractivity contribution < 1.29 is 19.1 Å². The van der Waals surface area contributed by atoms with Gasteiger partial charge in [-0.15, -0.1) is 0 Å². The summed E-state index contributed by atoms with van der Waals surface area (Å²) in [6.07, 6.45) is 1.72. The summed E-state index contributed by atoms with van der Waals surface area (Å²) in [7, 11) is 0. The van der Waals surface area contributed by atoms with E-state index >= 15 is 0 Å². The molecule has 2 heterocycles. The number of rotatable bonds is 7. The van der Waals surface area contributed by atoms with Gasteiger partial charge in [0.1, 0.15) is 0 Å². The maximum atomic E-state index is 12.6. The number of hydrogen-bond acceptors (Lipinski definition) is 5. The molecule has 0 spiro atoms. The minimum absolute atomic E-state index is 0.0870. The summed E-state index contributed by atoms with van der Waals surface area (Å²) in [6, 6.07) is 4.65. The molecule has 3 amide bonds. The first-order valence-electron chi connectivity index (χ1n) is 8.72. The number of benzene rings is 1. The minimum atomic E-state index is -0.349. The molecule has 0 aliphatic carbocycles. The molecule has 25 heavy (non-hydrogen) atoms. The topological polar surface area (TPSA) is 87.7 Å². The first-order valence-corrected chi connectivity index (χ1v) is 8.72. The molecular weight excluding hydrogens is 322 g/mol. The first-order chi connectivity index (χ1) is 12.1. The Balaban J connectivity index is 1.69. The van der Waals surface area contributed by atoms with Gasteiger partial charge < -0.3 is 15.4 Å². The maximum absolute atomic E-state index is 12.6. The second-order valence-corrected chi connectivity index (χ2v) is 6.23. The summed E-state index contributed by atoms with van der Waals surface area (Å²) in [6.45, 7) is 4.96. The predicted octanol–water partition coefficient (Wildman–Crippen LogP) is 0.801. The van der Waals surface area contributed by atoms with Crippen LogP contribution in [0.3, 0.4) is 0 Å². The van der Waals surface area contributed by atoms with Crippen molar-refractivity contribution >= 4 is 17.7 Å². The summed E-state index contributed by atoms with van der Waals surface area (Å²) in [5, 5.41) is 5.91. The lowest BCUT2D eigenvalue weighted by Crippen LogP contribution is -2.36. The van der Waals surface area contributed by atoms with Gasteiger partial charge in [0.15, 0.2) is 0 Å². The lowest BCUT2D eigenvalue weighted by Gasteiger charge is -2.17. The van der Waals surface area contributed by atoms with Crippen LogP contribution in [0, 0.1) is 0 Å². The number of carbonyl (C=O) groups excluding carboxylic acids is 3. The molecule has 7 heteroatoms. The van der Waals surface area contributed by atoms with Gasteiger partial charge in [-0.3, -0.25) is 19.3 Å². The standard InChI is InChI=1S/C18H23N3O4/c1-2-19-7-8-20-16(22)12-5-6-14-15(10-12)18(24)21(17(14)23)11-13-4-3-9-25-13/h5-6,10,13,19H,2-4,7-9,11H2,1H3,(H,20,22). The third-order valence-corrected chi connectivity index (χ3v) is 4.48. The summed E-state index contributed by atoms with van der Waals surface area (Å²) in [5.41, 5.74) is 1.03. The highest BCUT2D eigenvalue weighted by Gasteiger charge is 2.37. The molecule has 1 aromatic carbocycles. The Morgan fingerprint density at radius 3 is 2.76 bits per heavy atom. The van der Waals surface area contributed by atoms with Crippen LogP contribution in [0.1, 0.15) is 50.8 Å². The number of amides is 3. The first kappa shape index (κ1) is 17.6. The van der Waals surface area contributed by atoms with E-state index in [-0.39, 0.29) is 30.4 Å². The van der Waals surface area contributed by atoms with E-state index < -0.39 is 0 Å². The number of nitrogens with one attached hydrogen (secondary N) is 2. The zero-order valence-electron chi connectivity index (χ0n) is 14.3. The Bertz CT molecular complexity index is 683. The Morgan fingerprint density at radius 1 is 1.24 bits per heavy atom. The van der Waals surface area contributed by atoms with E-state index in [9.17, 15) is 14.4 Å². The summed E-state index contributed by atoms with van der Waals surface area (Å²) in [5.74, 6) is -0.911. The van der Waals surface area contributed by atoms with E-state index in [0.717, 1.165) is 19.4 Å². The van der Waals surface area contributed by atoms with Crippen molar-refractivity contribution in [2.24, 2.45) is 0 Å². The summed E-state index contributed by atoms with van der Waals surface area (Å²) >= 11 is 0.